The summed E-state index contributed by atoms with van der Waals surface area (Å²) < 4.78 is 4.60. The molecular formula is C12H12O3. The summed E-state index contributed by atoms with van der Waals surface area (Å²) in [5, 5.41) is 9.56. The maximum absolute atomic E-state index is 10.9. The molecule has 0 spiro atoms. The third-order valence-electron chi connectivity index (χ3n) is 1.70. The lowest BCUT2D eigenvalue weighted by Crippen LogP contribution is -2.01. The van der Waals surface area contributed by atoms with Crippen molar-refractivity contribution in [3.8, 4) is 11.8 Å². The predicted octanol–water partition coefficient (Wildman–Crippen LogP) is 1.29. The van der Waals surface area contributed by atoms with E-state index in [-0.39, 0.29) is 6.61 Å². The summed E-state index contributed by atoms with van der Waals surface area (Å²) in [4.78, 5) is 10.9. The van der Waals surface area contributed by atoms with Crippen LogP contribution in [0, 0.1) is 11.8 Å². The van der Waals surface area contributed by atoms with Crippen LogP contribution in [-0.4, -0.2) is 17.7 Å². The quantitative estimate of drug-likeness (QED) is 0.448. The normalized spacial score (nSPS) is 11.1. The number of hydrogen-bond donors (Lipinski definition) is 1. The van der Waals surface area contributed by atoms with Gasteiger partial charge in [-0.1, -0.05) is 36.3 Å². The number of hydrogen-bond acceptors (Lipinski definition) is 3. The highest BCUT2D eigenvalue weighted by Gasteiger charge is 2.02. The largest absolute Gasteiger partial charge is 0.456 e. The fraction of sp³-hybridized carbons (Fsp3) is 0.250. The van der Waals surface area contributed by atoms with Crippen molar-refractivity contribution in [2.75, 3.05) is 6.61 Å². The molecule has 15 heavy (non-hydrogen) atoms. The Bertz CT molecular complexity index is 373. The van der Waals surface area contributed by atoms with E-state index in [1.807, 2.05) is 6.07 Å². The van der Waals surface area contributed by atoms with Crippen LogP contribution in [0.2, 0.25) is 0 Å². The molecule has 0 amide bonds. The second kappa shape index (κ2) is 5.84. The molecule has 1 aromatic carbocycles. The minimum atomic E-state index is -0.949. The number of esters is 1. The molecular weight excluding hydrogens is 192 g/mol. The highest BCUT2D eigenvalue weighted by atomic mass is 16.5. The third-order valence-corrected chi connectivity index (χ3v) is 1.70. The third kappa shape index (κ3) is 3.84. The summed E-state index contributed by atoms with van der Waals surface area (Å²) in [7, 11) is 0. The van der Waals surface area contributed by atoms with Crippen molar-refractivity contribution in [2.45, 2.75) is 13.0 Å². The van der Waals surface area contributed by atoms with Gasteiger partial charge < -0.3 is 9.84 Å². The molecule has 0 aromatic heterocycles. The summed E-state index contributed by atoms with van der Waals surface area (Å²) in [5.41, 5.74) is 0.661. The van der Waals surface area contributed by atoms with Gasteiger partial charge in [0.25, 0.3) is 0 Å². The number of aliphatic hydroxyl groups is 1. The number of carbonyl (C=O) groups excluding carboxylic acids is 1. The molecule has 1 atom stereocenters. The molecule has 0 aliphatic rings. The van der Waals surface area contributed by atoms with Crippen LogP contribution in [0.1, 0.15) is 18.6 Å². The van der Waals surface area contributed by atoms with Gasteiger partial charge in [-0.3, -0.25) is 0 Å². The Labute approximate surface area is 88.7 Å². The van der Waals surface area contributed by atoms with Crippen LogP contribution in [0.3, 0.4) is 0 Å². The minimum Gasteiger partial charge on any atom is -0.456 e. The molecule has 78 valence electrons. The smallest absolute Gasteiger partial charge is 0.384 e. The van der Waals surface area contributed by atoms with E-state index < -0.39 is 12.1 Å². The van der Waals surface area contributed by atoms with Gasteiger partial charge in [-0.25, -0.2) is 4.79 Å². The molecule has 1 rings (SSSR count). The molecule has 0 saturated heterocycles. The predicted molar refractivity (Wildman–Crippen MR) is 55.8 cm³/mol. The number of aliphatic hydroxyl groups excluding tert-OH is 1. The zero-order valence-corrected chi connectivity index (χ0v) is 8.43. The highest BCUT2D eigenvalue weighted by Crippen LogP contribution is 2.09. The van der Waals surface area contributed by atoms with E-state index in [1.54, 1.807) is 31.2 Å². The second-order valence-corrected chi connectivity index (χ2v) is 2.80. The van der Waals surface area contributed by atoms with Crippen LogP contribution in [0.25, 0.3) is 0 Å². The minimum absolute atomic E-state index is 0.287. The van der Waals surface area contributed by atoms with Crippen molar-refractivity contribution in [1.29, 1.82) is 0 Å². The first-order valence-corrected chi connectivity index (χ1v) is 4.65. The van der Waals surface area contributed by atoms with E-state index in [4.69, 9.17) is 0 Å². The monoisotopic (exact) mass is 204 g/mol. The average Bonchev–Trinajstić information content (AvgIpc) is 2.27. The lowest BCUT2D eigenvalue weighted by Gasteiger charge is -2.01. The Morgan fingerprint density at radius 3 is 2.73 bits per heavy atom. The van der Waals surface area contributed by atoms with E-state index in [9.17, 15) is 9.90 Å². The Kier molecular flexibility index (Phi) is 4.39. The zero-order valence-electron chi connectivity index (χ0n) is 8.43. The summed E-state index contributed by atoms with van der Waals surface area (Å²) >= 11 is 0. The molecule has 0 unspecified atom stereocenters. The van der Waals surface area contributed by atoms with Crippen molar-refractivity contribution >= 4 is 5.97 Å². The molecule has 0 aliphatic heterocycles. The molecule has 0 bridgehead atoms. The van der Waals surface area contributed by atoms with Gasteiger partial charge in [0, 0.05) is 5.92 Å². The maximum Gasteiger partial charge on any atom is 0.384 e. The van der Waals surface area contributed by atoms with Gasteiger partial charge in [0.05, 0.1) is 6.61 Å². The van der Waals surface area contributed by atoms with Gasteiger partial charge in [0.2, 0.25) is 0 Å². The van der Waals surface area contributed by atoms with Gasteiger partial charge in [-0.2, -0.15) is 0 Å². The first kappa shape index (κ1) is 11.3. The lowest BCUT2D eigenvalue weighted by atomic mass is 10.1. The van der Waals surface area contributed by atoms with Crippen LogP contribution < -0.4 is 0 Å². The van der Waals surface area contributed by atoms with Gasteiger partial charge in [-0.15, -0.1) is 0 Å². The van der Waals surface area contributed by atoms with Crippen LogP contribution in [-0.2, 0) is 9.53 Å². The highest BCUT2D eigenvalue weighted by molar-refractivity contribution is 5.88. The standard InChI is InChI=1S/C12H12O3/c1-2-15-12(14)9-8-11(13)10-6-4-3-5-7-10/h3-7,11,13H,2H2,1H3/t11-/m1/s1. The molecule has 0 radical (unpaired) electrons. The number of carbonyl (C=O) groups is 1. The Hall–Kier alpha value is -1.79. The van der Waals surface area contributed by atoms with E-state index in [2.05, 4.69) is 16.6 Å². The SMILES string of the molecule is CCOC(=O)C#C[C@@H](O)c1ccccc1. The van der Waals surface area contributed by atoms with Gasteiger partial charge in [-0.05, 0) is 12.5 Å². The van der Waals surface area contributed by atoms with Crippen molar-refractivity contribution in [3.05, 3.63) is 35.9 Å². The van der Waals surface area contributed by atoms with Gasteiger partial charge in [0.1, 0.15) is 6.10 Å². The fourth-order valence-corrected chi connectivity index (χ4v) is 1.01. The van der Waals surface area contributed by atoms with E-state index in [0.717, 1.165) is 0 Å². The van der Waals surface area contributed by atoms with Gasteiger partial charge in [0.15, 0.2) is 0 Å². The second-order valence-electron chi connectivity index (χ2n) is 2.80. The van der Waals surface area contributed by atoms with Crippen molar-refractivity contribution < 1.29 is 14.6 Å². The summed E-state index contributed by atoms with van der Waals surface area (Å²) in [6.45, 7) is 1.99. The molecule has 0 aliphatic carbocycles. The molecule has 0 saturated carbocycles. The fourth-order valence-electron chi connectivity index (χ4n) is 1.01. The topological polar surface area (TPSA) is 46.5 Å². The zero-order chi connectivity index (χ0) is 11.1. The van der Waals surface area contributed by atoms with Crippen LogP contribution in [0.15, 0.2) is 30.3 Å². The van der Waals surface area contributed by atoms with Crippen LogP contribution in [0.5, 0.6) is 0 Å². The number of benzene rings is 1. The van der Waals surface area contributed by atoms with Crippen molar-refractivity contribution in [2.24, 2.45) is 0 Å². The van der Waals surface area contributed by atoms with Crippen LogP contribution >= 0.6 is 0 Å². The average molecular weight is 204 g/mol. The number of ether oxygens (including phenoxy) is 1. The first-order valence-electron chi connectivity index (χ1n) is 4.65. The van der Waals surface area contributed by atoms with Gasteiger partial charge >= 0.3 is 5.97 Å². The molecule has 1 aromatic rings. The Morgan fingerprint density at radius 1 is 1.47 bits per heavy atom. The summed E-state index contributed by atoms with van der Waals surface area (Å²) in [5.74, 6) is 4.02. The van der Waals surface area contributed by atoms with E-state index >= 15 is 0 Å². The molecule has 3 heteroatoms. The van der Waals surface area contributed by atoms with E-state index in [1.165, 1.54) is 0 Å². The number of rotatable bonds is 2. The summed E-state index contributed by atoms with van der Waals surface area (Å²) in [6, 6.07) is 8.92. The van der Waals surface area contributed by atoms with Crippen molar-refractivity contribution in [1.82, 2.24) is 0 Å². The maximum atomic E-state index is 10.9. The van der Waals surface area contributed by atoms with Crippen molar-refractivity contribution in [3.63, 3.8) is 0 Å². The lowest BCUT2D eigenvalue weighted by molar-refractivity contribution is -0.136. The Morgan fingerprint density at radius 2 is 2.13 bits per heavy atom. The first-order chi connectivity index (χ1) is 7.24. The van der Waals surface area contributed by atoms with E-state index in [0.29, 0.717) is 5.56 Å². The molecule has 0 fully saturated rings. The molecule has 3 nitrogen and oxygen atoms in total. The van der Waals surface area contributed by atoms with Crippen LogP contribution in [0.4, 0.5) is 0 Å². The summed E-state index contributed by atoms with van der Waals surface area (Å²) in [6.07, 6.45) is -0.949. The molecule has 1 N–H and O–H groups in total. The Balaban J connectivity index is 2.63. The molecule has 0 heterocycles.